The highest BCUT2D eigenvalue weighted by Crippen LogP contribution is 2.32. The second-order valence-electron chi connectivity index (χ2n) is 6.76. The number of hydrogen-bond donors (Lipinski definition) is 1. The summed E-state index contributed by atoms with van der Waals surface area (Å²) >= 11 is 0. The van der Waals surface area contributed by atoms with Crippen LogP contribution in [0.25, 0.3) is 11.3 Å². The molecule has 0 unspecified atom stereocenters. The second-order valence-corrected chi connectivity index (χ2v) is 6.76. The molecule has 1 saturated heterocycles. The average molecular weight is 337 g/mol. The van der Waals surface area contributed by atoms with E-state index in [1.54, 1.807) is 0 Å². The molecule has 0 spiro atoms. The first-order chi connectivity index (χ1) is 12.2. The number of H-pyrrole nitrogens is 1. The van der Waals surface area contributed by atoms with Gasteiger partial charge in [0.2, 0.25) is 0 Å². The van der Waals surface area contributed by atoms with Crippen molar-refractivity contribution in [3.63, 3.8) is 0 Å². The maximum atomic E-state index is 5.29. The van der Waals surface area contributed by atoms with Crippen LogP contribution in [0.4, 0.5) is 0 Å². The Labute approximate surface area is 147 Å². The summed E-state index contributed by atoms with van der Waals surface area (Å²) in [5.74, 6) is 2.45. The normalized spacial score (nSPS) is 16.4. The van der Waals surface area contributed by atoms with Gasteiger partial charge in [0.1, 0.15) is 11.6 Å². The fourth-order valence-corrected chi connectivity index (χ4v) is 3.71. The van der Waals surface area contributed by atoms with Gasteiger partial charge in [0.15, 0.2) is 0 Å². The highest BCUT2D eigenvalue weighted by Gasteiger charge is 2.22. The van der Waals surface area contributed by atoms with E-state index in [1.165, 1.54) is 5.56 Å². The van der Waals surface area contributed by atoms with Gasteiger partial charge in [-0.05, 0) is 63.4 Å². The van der Waals surface area contributed by atoms with Crippen LogP contribution in [0.5, 0.6) is 0 Å². The number of aryl methyl sites for hydroxylation is 2. The first kappa shape index (κ1) is 16.0. The van der Waals surface area contributed by atoms with E-state index in [1.807, 2.05) is 32.4 Å². The zero-order chi connectivity index (χ0) is 17.2. The van der Waals surface area contributed by atoms with Gasteiger partial charge >= 0.3 is 0 Å². The molecule has 1 aliphatic rings. The molecule has 0 amide bonds. The van der Waals surface area contributed by atoms with Crippen molar-refractivity contribution in [3.05, 3.63) is 53.6 Å². The number of pyridine rings is 1. The fraction of sp³-hybridized carbons (Fsp3) is 0.421. The summed E-state index contributed by atoms with van der Waals surface area (Å²) in [7, 11) is 0. The smallest absolute Gasteiger partial charge is 0.143 e. The summed E-state index contributed by atoms with van der Waals surface area (Å²) in [5, 5.41) is 4.05. The third-order valence-corrected chi connectivity index (χ3v) is 5.06. The first-order valence-electron chi connectivity index (χ1n) is 8.80. The molecule has 1 fully saturated rings. The Morgan fingerprint density at radius 3 is 2.72 bits per heavy atom. The zero-order valence-corrected chi connectivity index (χ0v) is 14.7. The second kappa shape index (κ2) is 6.80. The number of piperidine rings is 1. The Morgan fingerprint density at radius 2 is 2.04 bits per heavy atom. The number of aromatic nitrogens is 4. The monoisotopic (exact) mass is 337 g/mol. The predicted octanol–water partition coefficient (Wildman–Crippen LogP) is 3.46. The van der Waals surface area contributed by atoms with Gasteiger partial charge < -0.3 is 9.51 Å². The third kappa shape index (κ3) is 3.35. The van der Waals surface area contributed by atoms with E-state index in [0.717, 1.165) is 61.0 Å². The molecule has 0 aromatic carbocycles. The van der Waals surface area contributed by atoms with Crippen LogP contribution in [0.15, 0.2) is 35.2 Å². The Kier molecular flexibility index (Phi) is 4.36. The summed E-state index contributed by atoms with van der Waals surface area (Å²) in [6.45, 7) is 6.99. The predicted molar refractivity (Wildman–Crippen MR) is 95.0 cm³/mol. The number of nitrogens with zero attached hydrogens (tertiary/aromatic N) is 4. The molecule has 25 heavy (non-hydrogen) atoms. The fourth-order valence-electron chi connectivity index (χ4n) is 3.71. The maximum Gasteiger partial charge on any atom is 0.143 e. The molecule has 4 rings (SSSR count). The Morgan fingerprint density at radius 1 is 1.20 bits per heavy atom. The minimum Gasteiger partial charge on any atom is -0.361 e. The highest BCUT2D eigenvalue weighted by atomic mass is 16.5. The van der Waals surface area contributed by atoms with Crippen LogP contribution in [0.3, 0.4) is 0 Å². The van der Waals surface area contributed by atoms with Crippen molar-refractivity contribution in [2.45, 2.75) is 39.2 Å². The van der Waals surface area contributed by atoms with Gasteiger partial charge in [-0.25, -0.2) is 4.98 Å². The quantitative estimate of drug-likeness (QED) is 0.789. The minimum atomic E-state index is 0.579. The molecule has 3 aromatic rings. The molecule has 1 aliphatic heterocycles. The summed E-state index contributed by atoms with van der Waals surface area (Å²) in [6, 6.07) is 4.36. The third-order valence-electron chi connectivity index (χ3n) is 5.06. The Hall–Kier alpha value is -2.47. The van der Waals surface area contributed by atoms with E-state index in [-0.39, 0.29) is 0 Å². The molecule has 0 radical (unpaired) electrons. The SMILES string of the molecule is Cc1noc(C)c1-c1cc(C2CCN(Cc3ncc[nH]3)CC2)ccn1. The van der Waals surface area contributed by atoms with E-state index >= 15 is 0 Å². The molecule has 1 N–H and O–H groups in total. The molecular formula is C19H23N5O. The molecule has 3 aromatic heterocycles. The lowest BCUT2D eigenvalue weighted by Gasteiger charge is -2.31. The van der Waals surface area contributed by atoms with Crippen molar-refractivity contribution in [2.75, 3.05) is 13.1 Å². The lowest BCUT2D eigenvalue weighted by molar-refractivity contribution is 0.200. The van der Waals surface area contributed by atoms with Crippen molar-refractivity contribution in [1.82, 2.24) is 25.0 Å². The van der Waals surface area contributed by atoms with Crippen molar-refractivity contribution in [2.24, 2.45) is 0 Å². The number of likely N-dealkylation sites (tertiary alicyclic amines) is 1. The summed E-state index contributed by atoms with van der Waals surface area (Å²) in [6.07, 6.45) is 7.92. The van der Waals surface area contributed by atoms with Crippen LogP contribution in [0, 0.1) is 13.8 Å². The molecule has 6 nitrogen and oxygen atoms in total. The number of nitrogens with one attached hydrogen (secondary N) is 1. The van der Waals surface area contributed by atoms with Crippen molar-refractivity contribution < 1.29 is 4.52 Å². The minimum absolute atomic E-state index is 0.579. The molecular weight excluding hydrogens is 314 g/mol. The van der Waals surface area contributed by atoms with Gasteiger partial charge in [0.05, 0.1) is 23.5 Å². The van der Waals surface area contributed by atoms with Crippen molar-refractivity contribution >= 4 is 0 Å². The lowest BCUT2D eigenvalue weighted by Crippen LogP contribution is -2.32. The maximum absolute atomic E-state index is 5.29. The topological polar surface area (TPSA) is 70.8 Å². The summed E-state index contributed by atoms with van der Waals surface area (Å²) in [5.41, 5.74) is 4.25. The van der Waals surface area contributed by atoms with E-state index in [9.17, 15) is 0 Å². The molecule has 4 heterocycles. The standard InChI is InChI=1S/C19H23N5O/c1-13-19(14(2)25-23-13)17-11-16(3-6-20-17)15-4-9-24(10-5-15)12-18-21-7-8-22-18/h3,6-8,11,15H,4-5,9-10,12H2,1-2H3,(H,21,22). The molecule has 0 aliphatic carbocycles. The van der Waals surface area contributed by atoms with Crippen LogP contribution in [0.1, 0.15) is 41.6 Å². The molecule has 6 heteroatoms. The van der Waals surface area contributed by atoms with Gasteiger partial charge in [-0.15, -0.1) is 0 Å². The highest BCUT2D eigenvalue weighted by molar-refractivity contribution is 5.64. The Bertz CT molecular complexity index is 812. The number of rotatable bonds is 4. The lowest BCUT2D eigenvalue weighted by atomic mass is 9.89. The number of imidazole rings is 1. The summed E-state index contributed by atoms with van der Waals surface area (Å²) in [4.78, 5) is 14.5. The first-order valence-corrected chi connectivity index (χ1v) is 8.80. The van der Waals surface area contributed by atoms with Crippen LogP contribution < -0.4 is 0 Å². The number of hydrogen-bond acceptors (Lipinski definition) is 5. The van der Waals surface area contributed by atoms with Gasteiger partial charge in [0.25, 0.3) is 0 Å². The summed E-state index contributed by atoms with van der Waals surface area (Å²) < 4.78 is 5.29. The molecule has 0 bridgehead atoms. The molecule has 0 saturated carbocycles. The van der Waals surface area contributed by atoms with Crippen LogP contribution in [0.2, 0.25) is 0 Å². The van der Waals surface area contributed by atoms with Gasteiger partial charge in [-0.2, -0.15) is 0 Å². The van der Waals surface area contributed by atoms with Crippen LogP contribution in [-0.2, 0) is 6.54 Å². The van der Waals surface area contributed by atoms with Gasteiger partial charge in [0, 0.05) is 18.6 Å². The number of aromatic amines is 1. The van der Waals surface area contributed by atoms with E-state index in [2.05, 4.69) is 37.1 Å². The molecule has 130 valence electrons. The average Bonchev–Trinajstić information content (AvgIpc) is 3.25. The van der Waals surface area contributed by atoms with Crippen molar-refractivity contribution in [3.8, 4) is 11.3 Å². The van der Waals surface area contributed by atoms with Crippen LogP contribution in [-0.4, -0.2) is 38.1 Å². The van der Waals surface area contributed by atoms with Crippen LogP contribution >= 0.6 is 0 Å². The van der Waals surface area contributed by atoms with E-state index in [4.69, 9.17) is 4.52 Å². The Balaban J connectivity index is 1.46. The van der Waals surface area contributed by atoms with E-state index in [0.29, 0.717) is 5.92 Å². The van der Waals surface area contributed by atoms with Gasteiger partial charge in [-0.1, -0.05) is 5.16 Å². The van der Waals surface area contributed by atoms with E-state index < -0.39 is 0 Å². The largest absolute Gasteiger partial charge is 0.361 e. The van der Waals surface area contributed by atoms with Crippen molar-refractivity contribution in [1.29, 1.82) is 0 Å². The zero-order valence-electron chi connectivity index (χ0n) is 14.7. The molecule has 0 atom stereocenters. The van der Waals surface area contributed by atoms with Gasteiger partial charge in [-0.3, -0.25) is 9.88 Å².